The van der Waals surface area contributed by atoms with Crippen LogP contribution >= 0.6 is 0 Å². The second-order valence-corrected chi connectivity index (χ2v) is 1.95. The highest BCUT2D eigenvalue weighted by Gasteiger charge is 1.95. The van der Waals surface area contributed by atoms with E-state index >= 15 is 0 Å². The summed E-state index contributed by atoms with van der Waals surface area (Å²) in [4.78, 5) is 3.81. The molecular formula is C5H10N4O. The van der Waals surface area contributed by atoms with Crippen molar-refractivity contribution in [2.24, 2.45) is 15.8 Å². The molecule has 5 nitrogen and oxygen atoms in total. The number of hydrogen-bond acceptors (Lipinski definition) is 5. The molecule has 10 heavy (non-hydrogen) atoms. The van der Waals surface area contributed by atoms with E-state index in [1.807, 2.05) is 0 Å². The minimum atomic E-state index is 0.308. The number of aliphatic imine (C=N–C) groups is 1. The monoisotopic (exact) mass is 142 g/mol. The second kappa shape index (κ2) is 3.17. The van der Waals surface area contributed by atoms with Crippen LogP contribution in [-0.2, 0) is 4.74 Å². The van der Waals surface area contributed by atoms with E-state index < -0.39 is 0 Å². The summed E-state index contributed by atoms with van der Waals surface area (Å²) in [5, 5.41) is 5.53. The molecule has 1 aliphatic rings. The molecule has 1 aliphatic heterocycles. The van der Waals surface area contributed by atoms with Gasteiger partial charge in [0.15, 0.2) is 0 Å². The first-order valence-electron chi connectivity index (χ1n) is 2.92. The van der Waals surface area contributed by atoms with Crippen molar-refractivity contribution in [2.75, 3.05) is 20.5 Å². The summed E-state index contributed by atoms with van der Waals surface area (Å²) in [6.07, 6.45) is 1.50. The molecule has 0 saturated carbocycles. The fraction of sp³-hybridized carbons (Fsp3) is 0.600. The SMILES string of the molecule is CN1COC/N=C(N)\C=N/1. The fourth-order valence-electron chi connectivity index (χ4n) is 0.525. The summed E-state index contributed by atoms with van der Waals surface area (Å²) >= 11 is 0. The summed E-state index contributed by atoms with van der Waals surface area (Å²) in [5.41, 5.74) is 5.36. The van der Waals surface area contributed by atoms with E-state index in [1.165, 1.54) is 6.21 Å². The van der Waals surface area contributed by atoms with Crippen molar-refractivity contribution in [2.45, 2.75) is 0 Å². The van der Waals surface area contributed by atoms with Gasteiger partial charge in [-0.1, -0.05) is 0 Å². The largest absolute Gasteiger partial charge is 0.383 e. The summed E-state index contributed by atoms with van der Waals surface area (Å²) in [7, 11) is 1.80. The van der Waals surface area contributed by atoms with Gasteiger partial charge in [-0.05, 0) is 0 Å². The smallest absolute Gasteiger partial charge is 0.142 e. The number of nitrogens with two attached hydrogens (primary N) is 1. The van der Waals surface area contributed by atoms with E-state index in [-0.39, 0.29) is 0 Å². The Hall–Kier alpha value is -1.10. The molecule has 2 N–H and O–H groups in total. The van der Waals surface area contributed by atoms with Crippen LogP contribution in [0.25, 0.3) is 0 Å². The summed E-state index contributed by atoms with van der Waals surface area (Å²) in [6.45, 7) is 0.759. The van der Waals surface area contributed by atoms with Crippen molar-refractivity contribution < 1.29 is 4.74 Å². The molecule has 1 rings (SSSR count). The van der Waals surface area contributed by atoms with Gasteiger partial charge >= 0.3 is 0 Å². The van der Waals surface area contributed by atoms with Crippen LogP contribution in [0.4, 0.5) is 0 Å². The van der Waals surface area contributed by atoms with Gasteiger partial charge in [0.05, 0.1) is 6.21 Å². The standard InChI is InChI=1S/C5H10N4O/c1-9-4-10-3-7-5(6)2-8-9/h2H,3-4H2,1H3,(H2,6,7)/b8-2-. The number of hydrazone groups is 1. The van der Waals surface area contributed by atoms with Crippen LogP contribution in [-0.4, -0.2) is 37.6 Å². The van der Waals surface area contributed by atoms with Crippen molar-refractivity contribution in [3.05, 3.63) is 0 Å². The molecule has 0 radical (unpaired) electrons. The maximum atomic E-state index is 5.36. The van der Waals surface area contributed by atoms with Crippen LogP contribution in [0.3, 0.4) is 0 Å². The van der Waals surface area contributed by atoms with Gasteiger partial charge in [0, 0.05) is 7.05 Å². The number of rotatable bonds is 0. The predicted octanol–water partition coefficient (Wildman–Crippen LogP) is -0.794. The van der Waals surface area contributed by atoms with Crippen molar-refractivity contribution in [3.8, 4) is 0 Å². The third-order valence-corrected chi connectivity index (χ3v) is 1.00. The zero-order valence-corrected chi connectivity index (χ0v) is 5.82. The minimum absolute atomic E-state index is 0.308. The van der Waals surface area contributed by atoms with Gasteiger partial charge in [-0.2, -0.15) is 5.10 Å². The number of nitrogens with zero attached hydrogens (tertiary/aromatic N) is 3. The number of hydrogen-bond donors (Lipinski definition) is 1. The second-order valence-electron chi connectivity index (χ2n) is 1.95. The van der Waals surface area contributed by atoms with Crippen molar-refractivity contribution in [1.29, 1.82) is 0 Å². The molecule has 0 amide bonds. The Morgan fingerprint density at radius 1 is 1.80 bits per heavy atom. The molecule has 5 heteroatoms. The van der Waals surface area contributed by atoms with Crippen LogP contribution in [0, 0.1) is 0 Å². The number of ether oxygens (including phenoxy) is 1. The molecule has 0 spiro atoms. The molecule has 0 unspecified atom stereocenters. The maximum Gasteiger partial charge on any atom is 0.142 e. The molecule has 0 aromatic carbocycles. The summed E-state index contributed by atoms with van der Waals surface area (Å²) in [5.74, 6) is 0.395. The third kappa shape index (κ3) is 2.02. The Bertz CT molecular complexity index is 165. The van der Waals surface area contributed by atoms with Gasteiger partial charge in [-0.25, -0.2) is 4.99 Å². The van der Waals surface area contributed by atoms with Crippen molar-refractivity contribution in [1.82, 2.24) is 5.01 Å². The Morgan fingerprint density at radius 2 is 2.60 bits per heavy atom. The van der Waals surface area contributed by atoms with E-state index in [2.05, 4.69) is 10.1 Å². The van der Waals surface area contributed by atoms with Gasteiger partial charge in [0.2, 0.25) is 0 Å². The highest BCUT2D eigenvalue weighted by atomic mass is 16.5. The van der Waals surface area contributed by atoms with Crippen molar-refractivity contribution in [3.63, 3.8) is 0 Å². The third-order valence-electron chi connectivity index (χ3n) is 1.00. The average Bonchev–Trinajstić information content (AvgIpc) is 1.90. The first kappa shape index (κ1) is 7.01. The highest BCUT2D eigenvalue weighted by molar-refractivity contribution is 6.28. The topological polar surface area (TPSA) is 63.2 Å². The average molecular weight is 142 g/mol. The molecule has 0 atom stereocenters. The van der Waals surface area contributed by atoms with Crippen LogP contribution in [0.1, 0.15) is 0 Å². The molecule has 0 bridgehead atoms. The summed E-state index contributed by atoms with van der Waals surface area (Å²) in [6, 6.07) is 0. The molecular weight excluding hydrogens is 132 g/mol. The Labute approximate surface area is 59.2 Å². The van der Waals surface area contributed by atoms with Crippen LogP contribution in [0.5, 0.6) is 0 Å². The molecule has 0 aromatic heterocycles. The molecule has 0 aliphatic carbocycles. The molecule has 56 valence electrons. The van der Waals surface area contributed by atoms with E-state index in [9.17, 15) is 0 Å². The van der Waals surface area contributed by atoms with Crippen LogP contribution in [0.15, 0.2) is 10.1 Å². The van der Waals surface area contributed by atoms with Gasteiger partial charge < -0.3 is 10.5 Å². The molecule has 1 heterocycles. The lowest BCUT2D eigenvalue weighted by atomic mass is 10.7. The number of amidine groups is 1. The lowest BCUT2D eigenvalue weighted by Gasteiger charge is -2.13. The Kier molecular flexibility index (Phi) is 2.22. The Morgan fingerprint density at radius 3 is 3.40 bits per heavy atom. The lowest BCUT2D eigenvalue weighted by molar-refractivity contribution is 0.0486. The Balaban J connectivity index is 2.57. The van der Waals surface area contributed by atoms with E-state index in [0.29, 0.717) is 19.3 Å². The van der Waals surface area contributed by atoms with Gasteiger partial charge in [0.1, 0.15) is 19.3 Å². The first-order valence-corrected chi connectivity index (χ1v) is 2.92. The van der Waals surface area contributed by atoms with E-state index in [0.717, 1.165) is 0 Å². The zero-order valence-electron chi connectivity index (χ0n) is 5.82. The fourth-order valence-corrected chi connectivity index (χ4v) is 0.525. The zero-order chi connectivity index (χ0) is 7.40. The van der Waals surface area contributed by atoms with Crippen molar-refractivity contribution >= 4 is 12.1 Å². The summed E-state index contributed by atoms with van der Waals surface area (Å²) < 4.78 is 5.00. The van der Waals surface area contributed by atoms with Gasteiger partial charge in [-0.3, -0.25) is 5.01 Å². The lowest BCUT2D eigenvalue weighted by Crippen LogP contribution is -2.23. The predicted molar refractivity (Wildman–Crippen MR) is 38.7 cm³/mol. The van der Waals surface area contributed by atoms with E-state index in [1.54, 1.807) is 12.1 Å². The maximum absolute atomic E-state index is 5.36. The van der Waals surface area contributed by atoms with Gasteiger partial charge in [0.25, 0.3) is 0 Å². The molecule has 0 saturated heterocycles. The first-order chi connectivity index (χ1) is 4.79. The quantitative estimate of drug-likeness (QED) is 0.482. The normalized spacial score (nSPS) is 28.1. The highest BCUT2D eigenvalue weighted by Crippen LogP contribution is 1.87. The minimum Gasteiger partial charge on any atom is -0.383 e. The van der Waals surface area contributed by atoms with E-state index in [4.69, 9.17) is 10.5 Å². The van der Waals surface area contributed by atoms with Gasteiger partial charge in [-0.15, -0.1) is 0 Å². The van der Waals surface area contributed by atoms with Crippen LogP contribution in [0.2, 0.25) is 0 Å². The van der Waals surface area contributed by atoms with Crippen LogP contribution < -0.4 is 5.73 Å². The molecule has 0 fully saturated rings. The molecule has 0 aromatic rings.